The number of guanidine groups is 1. The van der Waals surface area contributed by atoms with Crippen molar-refractivity contribution in [2.45, 2.75) is 26.4 Å². The third-order valence-electron chi connectivity index (χ3n) is 3.38. The molecular formula is C17H28N4O2. The molecule has 1 aromatic carbocycles. The lowest BCUT2D eigenvalue weighted by atomic mass is 10.2. The molecule has 0 atom stereocenters. The maximum atomic E-state index is 9.64. The highest BCUT2D eigenvalue weighted by Gasteiger charge is 2.17. The van der Waals surface area contributed by atoms with Gasteiger partial charge < -0.3 is 24.9 Å². The van der Waals surface area contributed by atoms with Gasteiger partial charge in [0.1, 0.15) is 5.82 Å². The highest BCUT2D eigenvalue weighted by molar-refractivity contribution is 5.81. The molecule has 0 bridgehead atoms. The summed E-state index contributed by atoms with van der Waals surface area (Å²) in [7, 11) is 7.73. The zero-order chi connectivity index (χ0) is 17.7. The van der Waals surface area contributed by atoms with Crippen LogP contribution >= 0.6 is 0 Å². The minimum atomic E-state index is -0.121. The van der Waals surface area contributed by atoms with Crippen molar-refractivity contribution in [1.29, 1.82) is 0 Å². The Hall–Kier alpha value is -2.37. The molecule has 2 N–H and O–H groups in total. The van der Waals surface area contributed by atoms with Gasteiger partial charge in [0, 0.05) is 40.8 Å². The average molecular weight is 320 g/mol. The van der Waals surface area contributed by atoms with Crippen molar-refractivity contribution >= 4 is 5.96 Å². The summed E-state index contributed by atoms with van der Waals surface area (Å²) in [6.45, 7) is 8.66. The lowest BCUT2D eigenvalue weighted by molar-refractivity contribution is 0.343. The SMILES string of the molecule is C=C(N(C)C)N(C)C(=NC(C)C)N(C)Cc1ccc(O)c(O)c1. The maximum Gasteiger partial charge on any atom is 0.202 e. The Morgan fingerprint density at radius 1 is 1.13 bits per heavy atom. The molecule has 0 unspecified atom stereocenters. The van der Waals surface area contributed by atoms with Gasteiger partial charge in [-0.3, -0.25) is 0 Å². The van der Waals surface area contributed by atoms with Gasteiger partial charge in [-0.1, -0.05) is 12.6 Å². The van der Waals surface area contributed by atoms with Crippen LogP contribution in [-0.4, -0.2) is 65.1 Å². The molecule has 1 aromatic rings. The van der Waals surface area contributed by atoms with Crippen LogP contribution in [0.15, 0.2) is 35.6 Å². The first-order chi connectivity index (χ1) is 10.6. The topological polar surface area (TPSA) is 62.5 Å². The van der Waals surface area contributed by atoms with E-state index in [1.807, 2.05) is 56.7 Å². The predicted molar refractivity (Wildman–Crippen MR) is 94.4 cm³/mol. The van der Waals surface area contributed by atoms with E-state index in [1.54, 1.807) is 12.1 Å². The number of aromatic hydroxyl groups is 2. The molecule has 0 radical (unpaired) electrons. The second kappa shape index (κ2) is 7.76. The van der Waals surface area contributed by atoms with E-state index < -0.39 is 0 Å². The number of phenolic OH excluding ortho intramolecular Hbond substituents is 2. The Morgan fingerprint density at radius 3 is 2.22 bits per heavy atom. The van der Waals surface area contributed by atoms with E-state index in [0.717, 1.165) is 17.3 Å². The van der Waals surface area contributed by atoms with E-state index >= 15 is 0 Å². The van der Waals surface area contributed by atoms with Crippen molar-refractivity contribution < 1.29 is 10.2 Å². The first-order valence-electron chi connectivity index (χ1n) is 7.53. The van der Waals surface area contributed by atoms with Crippen molar-refractivity contribution in [2.75, 3.05) is 28.2 Å². The maximum absolute atomic E-state index is 9.64. The highest BCUT2D eigenvalue weighted by atomic mass is 16.3. The van der Waals surface area contributed by atoms with Crippen molar-refractivity contribution in [3.8, 4) is 11.5 Å². The Balaban J connectivity index is 3.02. The van der Waals surface area contributed by atoms with E-state index in [2.05, 4.69) is 11.6 Å². The summed E-state index contributed by atoms with van der Waals surface area (Å²) < 4.78 is 0. The number of hydrogen-bond acceptors (Lipinski definition) is 4. The number of aliphatic imine (C=N–C) groups is 1. The molecule has 0 aromatic heterocycles. The molecule has 128 valence electrons. The Morgan fingerprint density at radius 2 is 1.74 bits per heavy atom. The summed E-state index contributed by atoms with van der Waals surface area (Å²) in [5.41, 5.74) is 0.878. The molecule has 6 heteroatoms. The largest absolute Gasteiger partial charge is 0.504 e. The van der Waals surface area contributed by atoms with E-state index in [9.17, 15) is 10.2 Å². The fraction of sp³-hybridized carbons (Fsp3) is 0.471. The van der Waals surface area contributed by atoms with Crippen LogP contribution in [0.4, 0.5) is 0 Å². The zero-order valence-corrected chi connectivity index (χ0v) is 14.9. The number of benzene rings is 1. The van der Waals surface area contributed by atoms with Crippen molar-refractivity contribution in [3.63, 3.8) is 0 Å². The summed E-state index contributed by atoms with van der Waals surface area (Å²) in [6.07, 6.45) is 0. The molecular weight excluding hydrogens is 292 g/mol. The summed E-state index contributed by atoms with van der Waals surface area (Å²) in [6, 6.07) is 4.96. The molecule has 0 saturated heterocycles. The van der Waals surface area contributed by atoms with Gasteiger partial charge in [-0.2, -0.15) is 0 Å². The molecule has 0 saturated carbocycles. The van der Waals surface area contributed by atoms with Crippen LogP contribution in [-0.2, 0) is 6.54 Å². The Bertz CT molecular complexity index is 582. The van der Waals surface area contributed by atoms with Crippen LogP contribution in [0.1, 0.15) is 19.4 Å². The fourth-order valence-corrected chi connectivity index (χ4v) is 2.10. The molecule has 0 amide bonds. The molecule has 0 spiro atoms. The molecule has 1 rings (SSSR count). The van der Waals surface area contributed by atoms with E-state index in [0.29, 0.717) is 6.54 Å². The van der Waals surface area contributed by atoms with E-state index in [-0.39, 0.29) is 17.5 Å². The predicted octanol–water partition coefficient (Wildman–Crippen LogP) is 2.26. The van der Waals surface area contributed by atoms with Crippen LogP contribution in [0.25, 0.3) is 0 Å². The van der Waals surface area contributed by atoms with Gasteiger partial charge >= 0.3 is 0 Å². The molecule has 6 nitrogen and oxygen atoms in total. The third kappa shape index (κ3) is 5.09. The van der Waals surface area contributed by atoms with Crippen LogP contribution < -0.4 is 0 Å². The minimum Gasteiger partial charge on any atom is -0.504 e. The lowest BCUT2D eigenvalue weighted by Crippen LogP contribution is -2.42. The number of hydrogen-bond donors (Lipinski definition) is 2. The van der Waals surface area contributed by atoms with Crippen molar-refractivity contribution in [2.24, 2.45) is 4.99 Å². The second-order valence-electron chi connectivity index (χ2n) is 6.07. The monoisotopic (exact) mass is 320 g/mol. The van der Waals surface area contributed by atoms with Gasteiger partial charge in [0.2, 0.25) is 5.96 Å². The van der Waals surface area contributed by atoms with Crippen LogP contribution in [0.2, 0.25) is 0 Å². The Labute approximate surface area is 139 Å². The second-order valence-corrected chi connectivity index (χ2v) is 6.07. The van der Waals surface area contributed by atoms with Crippen molar-refractivity contribution in [3.05, 3.63) is 36.2 Å². The van der Waals surface area contributed by atoms with Gasteiger partial charge in [-0.15, -0.1) is 0 Å². The zero-order valence-electron chi connectivity index (χ0n) is 14.9. The number of nitrogens with zero attached hydrogens (tertiary/aromatic N) is 4. The normalized spacial score (nSPS) is 11.5. The molecule has 0 aliphatic rings. The summed E-state index contributed by atoms with van der Waals surface area (Å²) >= 11 is 0. The Kier molecular flexibility index (Phi) is 6.30. The average Bonchev–Trinajstić information content (AvgIpc) is 2.46. The summed E-state index contributed by atoms with van der Waals surface area (Å²) in [5.74, 6) is 1.37. The molecule has 0 heterocycles. The molecule has 0 aliphatic heterocycles. The van der Waals surface area contributed by atoms with Gasteiger partial charge in [-0.25, -0.2) is 4.99 Å². The fourth-order valence-electron chi connectivity index (χ4n) is 2.10. The summed E-state index contributed by atoms with van der Waals surface area (Å²) in [5, 5.41) is 19.1. The minimum absolute atomic E-state index is 0.120. The van der Waals surface area contributed by atoms with Gasteiger partial charge in [0.05, 0.1) is 0 Å². The first kappa shape index (κ1) is 18.7. The smallest absolute Gasteiger partial charge is 0.202 e. The molecule has 23 heavy (non-hydrogen) atoms. The summed E-state index contributed by atoms with van der Waals surface area (Å²) in [4.78, 5) is 10.5. The van der Waals surface area contributed by atoms with E-state index in [4.69, 9.17) is 0 Å². The number of phenols is 2. The quantitative estimate of drug-likeness (QED) is 0.495. The van der Waals surface area contributed by atoms with E-state index in [1.165, 1.54) is 6.07 Å². The first-order valence-corrected chi connectivity index (χ1v) is 7.53. The lowest BCUT2D eigenvalue weighted by Gasteiger charge is -2.33. The molecule has 0 fully saturated rings. The standard InChI is InChI=1S/C17H28N4O2/c1-12(2)18-17(21(7)13(3)19(4)5)20(6)11-14-8-9-15(22)16(23)10-14/h8-10,12,22-23H,3,11H2,1-2,4-7H3. The van der Waals surface area contributed by atoms with Gasteiger partial charge in [0.15, 0.2) is 11.5 Å². The van der Waals surface area contributed by atoms with Crippen LogP contribution in [0, 0.1) is 0 Å². The number of rotatable bonds is 5. The van der Waals surface area contributed by atoms with Crippen molar-refractivity contribution in [1.82, 2.24) is 14.7 Å². The van der Waals surface area contributed by atoms with Crippen LogP contribution in [0.3, 0.4) is 0 Å². The van der Waals surface area contributed by atoms with Gasteiger partial charge in [0.25, 0.3) is 0 Å². The third-order valence-corrected chi connectivity index (χ3v) is 3.38. The van der Waals surface area contributed by atoms with Crippen LogP contribution in [0.5, 0.6) is 11.5 Å². The highest BCUT2D eigenvalue weighted by Crippen LogP contribution is 2.25. The molecule has 0 aliphatic carbocycles. The van der Waals surface area contributed by atoms with Gasteiger partial charge in [-0.05, 0) is 31.5 Å².